The van der Waals surface area contributed by atoms with Crippen LogP contribution in [0.2, 0.25) is 0 Å². The molecule has 0 spiro atoms. The molecule has 0 radical (unpaired) electrons. The number of methoxy groups -OCH3 is 1. The smallest absolute Gasteiger partial charge is 0.119 e. The van der Waals surface area contributed by atoms with Crippen LogP contribution in [0, 0.1) is 6.92 Å². The summed E-state index contributed by atoms with van der Waals surface area (Å²) in [6, 6.07) is 24.8. The zero-order chi connectivity index (χ0) is 18.6. The van der Waals surface area contributed by atoms with Gasteiger partial charge in [0.2, 0.25) is 0 Å². The minimum absolute atomic E-state index is 0.0525. The predicted octanol–water partition coefficient (Wildman–Crippen LogP) is 5.79. The molecule has 0 saturated carbocycles. The van der Waals surface area contributed by atoms with Gasteiger partial charge in [0.1, 0.15) is 5.75 Å². The Morgan fingerprint density at radius 2 is 1.81 bits per heavy atom. The second-order valence-electron chi connectivity index (χ2n) is 6.84. The Morgan fingerprint density at radius 1 is 0.963 bits per heavy atom. The van der Waals surface area contributed by atoms with Crippen LogP contribution in [0.1, 0.15) is 34.8 Å². The van der Waals surface area contributed by atoms with Crippen molar-refractivity contribution >= 4 is 11.4 Å². The molecule has 0 aliphatic carbocycles. The van der Waals surface area contributed by atoms with Crippen molar-refractivity contribution in [1.29, 1.82) is 0 Å². The van der Waals surface area contributed by atoms with E-state index < -0.39 is 0 Å². The predicted molar refractivity (Wildman–Crippen MR) is 109 cm³/mol. The van der Waals surface area contributed by atoms with Crippen molar-refractivity contribution in [3.05, 3.63) is 95.1 Å². The Bertz CT molecular complexity index is 963. The minimum atomic E-state index is -0.0525. The number of hydrogen-bond donors (Lipinski definition) is 0. The molecule has 0 bridgehead atoms. The zero-order valence-electron chi connectivity index (χ0n) is 15.7. The average molecular weight is 357 g/mol. The van der Waals surface area contributed by atoms with E-state index in [1.54, 1.807) is 7.11 Å². The lowest BCUT2D eigenvalue weighted by Crippen LogP contribution is -2.16. The van der Waals surface area contributed by atoms with E-state index in [4.69, 9.17) is 14.5 Å². The second kappa shape index (κ2) is 7.77. The van der Waals surface area contributed by atoms with E-state index in [1.165, 1.54) is 11.1 Å². The number of aryl methyl sites for hydroxylation is 1. The van der Waals surface area contributed by atoms with Gasteiger partial charge in [0.05, 0.1) is 31.2 Å². The van der Waals surface area contributed by atoms with E-state index in [9.17, 15) is 0 Å². The van der Waals surface area contributed by atoms with Gasteiger partial charge in [-0.05, 0) is 36.2 Å². The molecule has 0 saturated heterocycles. The zero-order valence-corrected chi connectivity index (χ0v) is 15.7. The first-order valence-corrected chi connectivity index (χ1v) is 9.21. The van der Waals surface area contributed by atoms with E-state index in [0.29, 0.717) is 6.61 Å². The summed E-state index contributed by atoms with van der Waals surface area (Å²) in [5.74, 6) is 0.830. The van der Waals surface area contributed by atoms with Gasteiger partial charge >= 0.3 is 0 Å². The third-order valence-electron chi connectivity index (χ3n) is 4.86. The average Bonchev–Trinajstić information content (AvgIpc) is 2.72. The maximum absolute atomic E-state index is 6.34. The summed E-state index contributed by atoms with van der Waals surface area (Å²) in [5.41, 5.74) is 6.66. The summed E-state index contributed by atoms with van der Waals surface area (Å²) in [6.07, 6.45) is 0.694. The Morgan fingerprint density at radius 3 is 2.59 bits per heavy atom. The largest absolute Gasteiger partial charge is 0.497 e. The van der Waals surface area contributed by atoms with E-state index in [1.807, 2.05) is 36.4 Å². The standard InChI is InChI=1S/C24H23NO2/c1-17-7-6-10-19(13-17)23-15-24(27-16-18-8-4-3-5-9-18)21-14-20(26-2)11-12-22(21)25-23/h3-14,24H,15-16H2,1-2H3. The van der Waals surface area contributed by atoms with Crippen LogP contribution in [-0.4, -0.2) is 12.8 Å². The van der Waals surface area contributed by atoms with Crippen LogP contribution in [0.5, 0.6) is 5.75 Å². The number of benzene rings is 3. The van der Waals surface area contributed by atoms with Crippen molar-refractivity contribution in [2.45, 2.75) is 26.1 Å². The molecule has 1 atom stereocenters. The third-order valence-corrected chi connectivity index (χ3v) is 4.86. The van der Waals surface area contributed by atoms with Crippen molar-refractivity contribution in [2.24, 2.45) is 4.99 Å². The molecule has 3 nitrogen and oxygen atoms in total. The topological polar surface area (TPSA) is 30.8 Å². The fourth-order valence-electron chi connectivity index (χ4n) is 3.42. The Hall–Kier alpha value is -2.91. The van der Waals surface area contributed by atoms with Crippen molar-refractivity contribution in [2.75, 3.05) is 7.11 Å². The van der Waals surface area contributed by atoms with Crippen LogP contribution < -0.4 is 4.74 Å². The number of hydrogen-bond acceptors (Lipinski definition) is 3. The number of aliphatic imine (C=N–C) groups is 1. The third kappa shape index (κ3) is 3.93. The van der Waals surface area contributed by atoms with Gasteiger partial charge in [-0.1, -0.05) is 60.2 Å². The van der Waals surface area contributed by atoms with Crippen LogP contribution in [-0.2, 0) is 11.3 Å². The van der Waals surface area contributed by atoms with E-state index >= 15 is 0 Å². The highest BCUT2D eigenvalue weighted by Gasteiger charge is 2.25. The molecule has 27 heavy (non-hydrogen) atoms. The normalized spacial score (nSPS) is 15.8. The monoisotopic (exact) mass is 357 g/mol. The van der Waals surface area contributed by atoms with E-state index in [-0.39, 0.29) is 6.10 Å². The number of ether oxygens (including phenoxy) is 2. The first-order chi connectivity index (χ1) is 13.2. The summed E-state index contributed by atoms with van der Waals surface area (Å²) < 4.78 is 11.8. The molecular weight excluding hydrogens is 334 g/mol. The minimum Gasteiger partial charge on any atom is -0.497 e. The molecule has 1 aliphatic heterocycles. The molecule has 0 N–H and O–H groups in total. The quantitative estimate of drug-likeness (QED) is 0.579. The van der Waals surface area contributed by atoms with E-state index in [0.717, 1.165) is 34.7 Å². The number of rotatable bonds is 5. The van der Waals surface area contributed by atoms with Gasteiger partial charge < -0.3 is 9.47 Å². The molecular formula is C24H23NO2. The summed E-state index contributed by atoms with van der Waals surface area (Å²) in [7, 11) is 1.69. The maximum atomic E-state index is 6.34. The highest BCUT2D eigenvalue weighted by Crippen LogP contribution is 2.39. The van der Waals surface area contributed by atoms with Gasteiger partial charge in [-0.25, -0.2) is 0 Å². The molecule has 1 unspecified atom stereocenters. The Kier molecular flexibility index (Phi) is 5.03. The molecule has 4 rings (SSSR count). The summed E-state index contributed by atoms with van der Waals surface area (Å²) in [4.78, 5) is 4.92. The van der Waals surface area contributed by atoms with Crippen molar-refractivity contribution in [3.63, 3.8) is 0 Å². The maximum Gasteiger partial charge on any atom is 0.119 e. The van der Waals surface area contributed by atoms with E-state index in [2.05, 4.69) is 43.3 Å². The number of fused-ring (bicyclic) bond motifs is 1. The fourth-order valence-corrected chi connectivity index (χ4v) is 3.42. The van der Waals surface area contributed by atoms with Crippen molar-refractivity contribution < 1.29 is 9.47 Å². The Labute approximate surface area is 160 Å². The lowest BCUT2D eigenvalue weighted by molar-refractivity contribution is 0.0440. The summed E-state index contributed by atoms with van der Waals surface area (Å²) in [6.45, 7) is 2.68. The Balaban J connectivity index is 1.67. The van der Waals surface area contributed by atoms with Gasteiger partial charge in [-0.3, -0.25) is 4.99 Å². The van der Waals surface area contributed by atoms with Crippen LogP contribution >= 0.6 is 0 Å². The van der Waals surface area contributed by atoms with Gasteiger partial charge in [-0.15, -0.1) is 0 Å². The van der Waals surface area contributed by atoms with Crippen LogP contribution in [0.15, 0.2) is 77.8 Å². The molecule has 0 aromatic heterocycles. The van der Waals surface area contributed by atoms with Gasteiger partial charge in [0.25, 0.3) is 0 Å². The van der Waals surface area contributed by atoms with Crippen molar-refractivity contribution in [3.8, 4) is 5.75 Å². The summed E-state index contributed by atoms with van der Waals surface area (Å²) >= 11 is 0. The summed E-state index contributed by atoms with van der Waals surface area (Å²) in [5, 5.41) is 0. The first-order valence-electron chi connectivity index (χ1n) is 9.21. The van der Waals surface area contributed by atoms with Crippen LogP contribution in [0.4, 0.5) is 5.69 Å². The lowest BCUT2D eigenvalue weighted by atomic mass is 9.94. The van der Waals surface area contributed by atoms with Crippen LogP contribution in [0.3, 0.4) is 0 Å². The van der Waals surface area contributed by atoms with Gasteiger partial charge in [0.15, 0.2) is 0 Å². The van der Waals surface area contributed by atoms with Crippen LogP contribution in [0.25, 0.3) is 0 Å². The number of nitrogens with zero attached hydrogens (tertiary/aromatic N) is 1. The van der Waals surface area contributed by atoms with Gasteiger partial charge in [0, 0.05) is 12.0 Å². The highest BCUT2D eigenvalue weighted by atomic mass is 16.5. The fraction of sp³-hybridized carbons (Fsp3) is 0.208. The highest BCUT2D eigenvalue weighted by molar-refractivity contribution is 6.03. The first kappa shape index (κ1) is 17.5. The molecule has 0 amide bonds. The SMILES string of the molecule is COc1ccc2c(c1)C(OCc1ccccc1)CC(c1cccc(C)c1)=N2. The molecule has 1 aliphatic rings. The molecule has 3 heteroatoms. The van der Waals surface area contributed by atoms with Crippen molar-refractivity contribution in [1.82, 2.24) is 0 Å². The second-order valence-corrected chi connectivity index (χ2v) is 6.84. The molecule has 1 heterocycles. The molecule has 136 valence electrons. The molecule has 0 fully saturated rings. The lowest BCUT2D eigenvalue weighted by Gasteiger charge is -2.26. The van der Waals surface area contributed by atoms with Gasteiger partial charge in [-0.2, -0.15) is 0 Å². The molecule has 3 aromatic carbocycles. The molecule has 3 aromatic rings.